The van der Waals surface area contributed by atoms with Gasteiger partial charge in [-0.3, -0.25) is 10.1 Å². The second kappa shape index (κ2) is 3.49. The maximum Gasteiger partial charge on any atom is 0.469 e. The maximum absolute atomic E-state index is 11.0. The van der Waals surface area contributed by atoms with E-state index in [0.717, 1.165) is 7.05 Å². The topological polar surface area (TPSA) is 164 Å². The van der Waals surface area contributed by atoms with Crippen LogP contribution in [-0.4, -0.2) is 28.0 Å². The fraction of sp³-hybridized carbons (Fsp3) is 0.250. The Morgan fingerprint density at radius 1 is 1.31 bits per heavy atom. The van der Waals surface area contributed by atoms with E-state index in [9.17, 15) is 28.6 Å². The van der Waals surface area contributed by atoms with Crippen LogP contribution in [0.2, 0.25) is 0 Å². The van der Waals surface area contributed by atoms with Crippen LogP contribution >= 0.6 is 0 Å². The Balaban J connectivity index is 3.75. The number of sulfonamides is 1. The molecule has 2 N–H and O–H groups in total. The molecule has 0 saturated carbocycles. The predicted octanol–water partition coefficient (Wildman–Crippen LogP) is -1.12. The second-order valence-electron chi connectivity index (χ2n) is 2.66. The Bertz CT molecular complexity index is 572. The molecule has 1 heterocycles. The highest BCUT2D eigenvalue weighted by molar-refractivity contribution is 7.89. The number of aromatic nitrogens is 2. The normalized spacial score (nSPS) is 11.4. The van der Waals surface area contributed by atoms with Gasteiger partial charge in [0.1, 0.15) is 0 Å². The molecular formula is C4H5N5O6S. The minimum Gasteiger partial charge on any atom is -0.358 e. The molecule has 1 aromatic rings. The molecule has 0 saturated heterocycles. The van der Waals surface area contributed by atoms with Crippen LogP contribution in [0.3, 0.4) is 0 Å². The summed E-state index contributed by atoms with van der Waals surface area (Å²) in [5, 5.41) is 27.7. The maximum atomic E-state index is 11.0. The lowest BCUT2D eigenvalue weighted by Crippen LogP contribution is -2.17. The molecule has 88 valence electrons. The summed E-state index contributed by atoms with van der Waals surface area (Å²) in [6.45, 7) is 0. The lowest BCUT2D eigenvalue weighted by molar-refractivity contribution is -0.426. The van der Waals surface area contributed by atoms with E-state index in [0.29, 0.717) is 4.68 Å². The highest BCUT2D eigenvalue weighted by Crippen LogP contribution is 2.31. The van der Waals surface area contributed by atoms with Gasteiger partial charge in [0, 0.05) is 0 Å². The Hall–Kier alpha value is -2.08. The third-order valence-corrected chi connectivity index (χ3v) is 2.57. The molecule has 0 fully saturated rings. The number of aryl methyl sites for hydroxylation is 1. The summed E-state index contributed by atoms with van der Waals surface area (Å²) >= 11 is 0. The summed E-state index contributed by atoms with van der Waals surface area (Å²) in [6, 6.07) is 0. The molecule has 0 unspecified atom stereocenters. The molecule has 11 nitrogen and oxygen atoms in total. The van der Waals surface area contributed by atoms with Crippen molar-refractivity contribution in [3.8, 4) is 0 Å². The van der Waals surface area contributed by atoms with Crippen molar-refractivity contribution in [3.05, 3.63) is 20.2 Å². The minimum absolute atomic E-state index is 0.478. The van der Waals surface area contributed by atoms with E-state index >= 15 is 0 Å². The molecule has 1 aromatic heterocycles. The van der Waals surface area contributed by atoms with Crippen LogP contribution in [0.15, 0.2) is 5.03 Å². The molecule has 0 aliphatic carbocycles. The highest BCUT2D eigenvalue weighted by Gasteiger charge is 2.41. The molecular weight excluding hydrogens is 246 g/mol. The van der Waals surface area contributed by atoms with Gasteiger partial charge in [0.2, 0.25) is 0 Å². The first-order valence-electron chi connectivity index (χ1n) is 3.55. The summed E-state index contributed by atoms with van der Waals surface area (Å²) in [5.74, 6) is -1.17. The molecule has 0 aliphatic rings. The Morgan fingerprint density at radius 2 is 1.81 bits per heavy atom. The zero-order chi connectivity index (χ0) is 12.7. The molecule has 0 atom stereocenters. The average molecular weight is 251 g/mol. The third kappa shape index (κ3) is 1.82. The van der Waals surface area contributed by atoms with Crippen LogP contribution in [0.25, 0.3) is 0 Å². The number of nitrogens with two attached hydrogens (primary N) is 1. The SMILES string of the molecule is Cn1nc([N+](=O)[O-])c([N+](=O)[O-])c1S(N)(=O)=O. The van der Waals surface area contributed by atoms with Gasteiger partial charge in [0.05, 0.1) is 17.1 Å². The summed E-state index contributed by atoms with van der Waals surface area (Å²) in [6.07, 6.45) is 0. The fourth-order valence-corrected chi connectivity index (χ4v) is 1.93. The van der Waals surface area contributed by atoms with Gasteiger partial charge in [-0.2, -0.15) is 4.68 Å². The Morgan fingerprint density at radius 3 is 2.12 bits per heavy atom. The summed E-state index contributed by atoms with van der Waals surface area (Å²) in [5.41, 5.74) is -1.24. The minimum atomic E-state index is -4.47. The molecule has 1 rings (SSSR count). The van der Waals surface area contributed by atoms with Crippen molar-refractivity contribution in [2.75, 3.05) is 0 Å². The molecule has 0 amide bonds. The first-order valence-corrected chi connectivity index (χ1v) is 5.09. The monoisotopic (exact) mass is 251 g/mol. The average Bonchev–Trinajstić information content (AvgIpc) is 2.41. The Kier molecular flexibility index (Phi) is 2.62. The molecule has 0 aromatic carbocycles. The molecule has 0 radical (unpaired) electrons. The summed E-state index contributed by atoms with van der Waals surface area (Å²) in [7, 11) is -3.47. The van der Waals surface area contributed by atoms with Gasteiger partial charge in [-0.25, -0.2) is 13.6 Å². The highest BCUT2D eigenvalue weighted by atomic mass is 32.2. The van der Waals surface area contributed by atoms with Crippen LogP contribution in [0.5, 0.6) is 0 Å². The lowest BCUT2D eigenvalue weighted by atomic mass is 10.5. The van der Waals surface area contributed by atoms with Crippen molar-refractivity contribution in [2.45, 2.75) is 5.03 Å². The van der Waals surface area contributed by atoms with E-state index in [1.54, 1.807) is 0 Å². The largest absolute Gasteiger partial charge is 0.469 e. The van der Waals surface area contributed by atoms with Gasteiger partial charge in [0.15, 0.2) is 0 Å². The molecule has 0 spiro atoms. The number of hydrogen-bond acceptors (Lipinski definition) is 7. The van der Waals surface area contributed by atoms with Gasteiger partial charge < -0.3 is 10.1 Å². The fourth-order valence-electron chi connectivity index (χ4n) is 1.09. The van der Waals surface area contributed by atoms with Gasteiger partial charge in [-0.1, -0.05) is 0 Å². The number of nitro groups is 2. The number of rotatable bonds is 3. The van der Waals surface area contributed by atoms with Crippen molar-refractivity contribution in [1.29, 1.82) is 0 Å². The van der Waals surface area contributed by atoms with Gasteiger partial charge in [-0.05, 0) is 4.92 Å². The van der Waals surface area contributed by atoms with Crippen molar-refractivity contribution in [1.82, 2.24) is 9.78 Å². The van der Waals surface area contributed by atoms with Crippen LogP contribution in [0, 0.1) is 20.2 Å². The van der Waals surface area contributed by atoms with Crippen molar-refractivity contribution < 1.29 is 18.3 Å². The van der Waals surface area contributed by atoms with Crippen LogP contribution in [0.1, 0.15) is 0 Å². The molecule has 16 heavy (non-hydrogen) atoms. The van der Waals surface area contributed by atoms with Crippen LogP contribution in [-0.2, 0) is 17.1 Å². The quantitative estimate of drug-likeness (QED) is 0.524. The Labute approximate surface area is 87.8 Å². The van der Waals surface area contributed by atoms with Gasteiger partial charge in [-0.15, -0.1) is 0 Å². The second-order valence-corrected chi connectivity index (χ2v) is 4.14. The van der Waals surface area contributed by atoms with Crippen molar-refractivity contribution >= 4 is 21.5 Å². The van der Waals surface area contributed by atoms with Crippen molar-refractivity contribution in [3.63, 3.8) is 0 Å². The number of hydrogen-bond donors (Lipinski definition) is 1. The smallest absolute Gasteiger partial charge is 0.358 e. The first-order chi connectivity index (χ1) is 7.16. The van der Waals surface area contributed by atoms with E-state index in [1.807, 2.05) is 0 Å². The van der Waals surface area contributed by atoms with Crippen LogP contribution in [0.4, 0.5) is 11.5 Å². The molecule has 12 heteroatoms. The number of primary sulfonamides is 1. The van der Waals surface area contributed by atoms with Gasteiger partial charge in [0.25, 0.3) is 15.0 Å². The van der Waals surface area contributed by atoms with Crippen LogP contribution < -0.4 is 5.14 Å². The first kappa shape index (κ1) is 12.0. The third-order valence-electron chi connectivity index (χ3n) is 1.58. The lowest BCUT2D eigenvalue weighted by Gasteiger charge is -1.93. The molecule has 0 aliphatic heterocycles. The molecule has 0 bridgehead atoms. The summed E-state index contributed by atoms with van der Waals surface area (Å²) in [4.78, 5) is 18.6. The predicted molar refractivity (Wildman–Crippen MR) is 47.9 cm³/mol. The van der Waals surface area contributed by atoms with Gasteiger partial charge >= 0.3 is 11.5 Å². The standard InChI is InChI=1S/C4H5N5O6S/c1-7-4(16(5,14)15)2(8(10)11)3(6-7)9(12)13/h1H3,(H2,5,14,15). The zero-order valence-corrected chi connectivity index (χ0v) is 8.54. The van der Waals surface area contributed by atoms with E-state index in [-0.39, 0.29) is 0 Å². The van der Waals surface area contributed by atoms with Crippen molar-refractivity contribution in [2.24, 2.45) is 12.2 Å². The number of nitrogens with zero attached hydrogens (tertiary/aromatic N) is 4. The van der Waals surface area contributed by atoms with E-state index in [2.05, 4.69) is 5.10 Å². The van der Waals surface area contributed by atoms with E-state index in [1.165, 1.54) is 0 Å². The summed E-state index contributed by atoms with van der Waals surface area (Å²) < 4.78 is 22.5. The van der Waals surface area contributed by atoms with E-state index in [4.69, 9.17) is 5.14 Å². The van der Waals surface area contributed by atoms with E-state index < -0.39 is 36.4 Å². The zero-order valence-electron chi connectivity index (χ0n) is 7.72.